The zero-order chi connectivity index (χ0) is 16.5. The second-order valence-electron chi connectivity index (χ2n) is 6.56. The number of aryl methyl sites for hydroxylation is 1. The first-order valence-electron chi connectivity index (χ1n) is 7.21. The van der Waals surface area contributed by atoms with Gasteiger partial charge in [-0.2, -0.15) is 5.10 Å². The van der Waals surface area contributed by atoms with Crippen LogP contribution in [0.5, 0.6) is 0 Å². The third kappa shape index (κ3) is 3.75. The number of rotatable bonds is 4. The van der Waals surface area contributed by atoms with Crippen molar-refractivity contribution in [3.63, 3.8) is 0 Å². The second kappa shape index (κ2) is 5.85. The van der Waals surface area contributed by atoms with E-state index >= 15 is 0 Å². The molecule has 5 nitrogen and oxygen atoms in total. The molecule has 1 heterocycles. The molecule has 0 bridgehead atoms. The highest BCUT2D eigenvalue weighted by atomic mass is 32.2. The number of nitrogens with one attached hydrogen (secondary N) is 1. The summed E-state index contributed by atoms with van der Waals surface area (Å²) in [5, 5.41) is 4.06. The van der Waals surface area contributed by atoms with Gasteiger partial charge in [-0.25, -0.2) is 13.1 Å². The van der Waals surface area contributed by atoms with Crippen molar-refractivity contribution in [2.45, 2.75) is 44.0 Å². The van der Waals surface area contributed by atoms with Gasteiger partial charge in [0.25, 0.3) is 0 Å². The molecule has 0 saturated carbocycles. The summed E-state index contributed by atoms with van der Waals surface area (Å²) in [5.74, 6) is 0. The van der Waals surface area contributed by atoms with Crippen molar-refractivity contribution in [1.29, 1.82) is 0 Å². The van der Waals surface area contributed by atoms with Gasteiger partial charge in [0, 0.05) is 24.8 Å². The van der Waals surface area contributed by atoms with Gasteiger partial charge in [-0.1, -0.05) is 32.9 Å². The Bertz CT molecular complexity index is 740. The van der Waals surface area contributed by atoms with Gasteiger partial charge in [-0.3, -0.25) is 4.68 Å². The lowest BCUT2D eigenvalue weighted by Gasteiger charge is -2.19. The van der Waals surface area contributed by atoms with Crippen molar-refractivity contribution in [1.82, 2.24) is 14.5 Å². The van der Waals surface area contributed by atoms with E-state index in [0.717, 1.165) is 11.1 Å². The lowest BCUT2D eigenvalue weighted by Crippen LogP contribution is -2.26. The number of hydrogen-bond donors (Lipinski definition) is 1. The summed E-state index contributed by atoms with van der Waals surface area (Å²) in [6.45, 7) is 8.09. The van der Waals surface area contributed by atoms with Crippen LogP contribution in [0.25, 0.3) is 0 Å². The van der Waals surface area contributed by atoms with Crippen molar-refractivity contribution in [2.24, 2.45) is 7.05 Å². The first kappa shape index (κ1) is 16.7. The van der Waals surface area contributed by atoms with Crippen LogP contribution in [-0.2, 0) is 22.5 Å². The van der Waals surface area contributed by atoms with Crippen LogP contribution in [0.4, 0.5) is 0 Å². The average molecular weight is 321 g/mol. The van der Waals surface area contributed by atoms with Gasteiger partial charge < -0.3 is 0 Å². The Labute approximate surface area is 132 Å². The van der Waals surface area contributed by atoms with Gasteiger partial charge in [0.05, 0.1) is 11.1 Å². The SMILES string of the molecule is CC(NS(=O)(=O)c1ccc(C(C)(C)C)cc1)c1cnn(C)c1. The highest BCUT2D eigenvalue weighted by Gasteiger charge is 2.20. The van der Waals surface area contributed by atoms with Crippen molar-refractivity contribution < 1.29 is 8.42 Å². The van der Waals surface area contributed by atoms with E-state index in [1.807, 2.05) is 12.1 Å². The molecule has 0 spiro atoms. The molecule has 0 amide bonds. The number of benzene rings is 1. The minimum Gasteiger partial charge on any atom is -0.275 e. The standard InChI is InChI=1S/C16H23N3O2S/c1-12(13-10-17-19(5)11-13)18-22(20,21)15-8-6-14(7-9-15)16(2,3)4/h6-12,18H,1-5H3. The van der Waals surface area contributed by atoms with Gasteiger partial charge in [0.15, 0.2) is 0 Å². The lowest BCUT2D eigenvalue weighted by atomic mass is 9.87. The number of hydrogen-bond acceptors (Lipinski definition) is 3. The maximum absolute atomic E-state index is 12.4. The molecule has 0 aliphatic carbocycles. The molecule has 0 aliphatic rings. The predicted octanol–water partition coefficient (Wildman–Crippen LogP) is 2.76. The van der Waals surface area contributed by atoms with Crippen LogP contribution in [0.15, 0.2) is 41.6 Å². The summed E-state index contributed by atoms with van der Waals surface area (Å²) >= 11 is 0. The van der Waals surface area contributed by atoms with E-state index in [4.69, 9.17) is 0 Å². The molecule has 6 heteroatoms. The van der Waals surface area contributed by atoms with Crippen LogP contribution in [0.3, 0.4) is 0 Å². The summed E-state index contributed by atoms with van der Waals surface area (Å²) in [4.78, 5) is 0.274. The van der Waals surface area contributed by atoms with E-state index in [2.05, 4.69) is 30.6 Å². The molecule has 0 fully saturated rings. The van der Waals surface area contributed by atoms with Gasteiger partial charge >= 0.3 is 0 Å². The predicted molar refractivity (Wildman–Crippen MR) is 87.1 cm³/mol. The average Bonchev–Trinajstić information content (AvgIpc) is 2.84. The monoisotopic (exact) mass is 321 g/mol. The smallest absolute Gasteiger partial charge is 0.241 e. The van der Waals surface area contributed by atoms with Crippen molar-refractivity contribution >= 4 is 10.0 Å². The zero-order valence-electron chi connectivity index (χ0n) is 13.7. The number of aromatic nitrogens is 2. The van der Waals surface area contributed by atoms with Gasteiger partial charge in [0.2, 0.25) is 10.0 Å². The first-order valence-corrected chi connectivity index (χ1v) is 8.69. The van der Waals surface area contributed by atoms with Gasteiger partial charge in [0.1, 0.15) is 0 Å². The van der Waals surface area contributed by atoms with Crippen LogP contribution in [0.1, 0.15) is 44.9 Å². The summed E-state index contributed by atoms with van der Waals surface area (Å²) in [5.41, 5.74) is 1.93. The molecule has 2 rings (SSSR count). The molecule has 2 aromatic rings. The molecule has 1 aromatic heterocycles. The van der Waals surface area contributed by atoms with E-state index in [0.29, 0.717) is 0 Å². The quantitative estimate of drug-likeness (QED) is 0.942. The Balaban J connectivity index is 2.20. The summed E-state index contributed by atoms with van der Waals surface area (Å²) < 4.78 is 29.2. The van der Waals surface area contributed by atoms with Crippen LogP contribution >= 0.6 is 0 Å². The van der Waals surface area contributed by atoms with Crippen LogP contribution in [-0.4, -0.2) is 18.2 Å². The van der Waals surface area contributed by atoms with E-state index in [9.17, 15) is 8.42 Å². The molecular formula is C16H23N3O2S. The molecule has 1 unspecified atom stereocenters. The molecule has 22 heavy (non-hydrogen) atoms. The van der Waals surface area contributed by atoms with Crippen LogP contribution < -0.4 is 4.72 Å². The van der Waals surface area contributed by atoms with Crippen molar-refractivity contribution in [2.75, 3.05) is 0 Å². The van der Waals surface area contributed by atoms with E-state index in [1.165, 1.54) is 0 Å². The Morgan fingerprint density at radius 2 is 1.77 bits per heavy atom. The normalized spacial score (nSPS) is 14.0. The fourth-order valence-corrected chi connectivity index (χ4v) is 3.40. The maximum Gasteiger partial charge on any atom is 0.241 e. The molecular weight excluding hydrogens is 298 g/mol. The van der Waals surface area contributed by atoms with Crippen LogP contribution in [0, 0.1) is 0 Å². The topological polar surface area (TPSA) is 64.0 Å². The Morgan fingerprint density at radius 3 is 2.23 bits per heavy atom. The molecule has 0 aliphatic heterocycles. The van der Waals surface area contributed by atoms with Gasteiger partial charge in [-0.05, 0) is 30.0 Å². The Hall–Kier alpha value is -1.66. The summed E-state index contributed by atoms with van der Waals surface area (Å²) in [6.07, 6.45) is 3.46. The van der Waals surface area contributed by atoms with E-state index in [-0.39, 0.29) is 16.4 Å². The molecule has 0 radical (unpaired) electrons. The highest BCUT2D eigenvalue weighted by Crippen LogP contribution is 2.24. The third-order valence-electron chi connectivity index (χ3n) is 3.59. The fourth-order valence-electron chi connectivity index (χ4n) is 2.17. The van der Waals surface area contributed by atoms with E-state index < -0.39 is 10.0 Å². The summed E-state index contributed by atoms with van der Waals surface area (Å²) in [6, 6.07) is 6.70. The third-order valence-corrected chi connectivity index (χ3v) is 5.14. The zero-order valence-corrected chi connectivity index (χ0v) is 14.5. The summed E-state index contributed by atoms with van der Waals surface area (Å²) in [7, 11) is -1.75. The number of sulfonamides is 1. The molecule has 120 valence electrons. The van der Waals surface area contributed by atoms with E-state index in [1.54, 1.807) is 43.2 Å². The van der Waals surface area contributed by atoms with Crippen molar-refractivity contribution in [3.05, 3.63) is 47.8 Å². The number of nitrogens with zero attached hydrogens (tertiary/aromatic N) is 2. The highest BCUT2D eigenvalue weighted by molar-refractivity contribution is 7.89. The van der Waals surface area contributed by atoms with Gasteiger partial charge in [-0.15, -0.1) is 0 Å². The Morgan fingerprint density at radius 1 is 1.18 bits per heavy atom. The largest absolute Gasteiger partial charge is 0.275 e. The fraction of sp³-hybridized carbons (Fsp3) is 0.438. The minimum atomic E-state index is -3.55. The minimum absolute atomic E-state index is 0.00127. The molecule has 1 atom stereocenters. The Kier molecular flexibility index (Phi) is 4.44. The molecule has 0 saturated heterocycles. The van der Waals surface area contributed by atoms with Crippen molar-refractivity contribution in [3.8, 4) is 0 Å². The van der Waals surface area contributed by atoms with Crippen LogP contribution in [0.2, 0.25) is 0 Å². The molecule has 1 N–H and O–H groups in total. The maximum atomic E-state index is 12.4. The molecule has 1 aromatic carbocycles. The lowest BCUT2D eigenvalue weighted by molar-refractivity contribution is 0.565. The second-order valence-corrected chi connectivity index (χ2v) is 8.28. The first-order chi connectivity index (χ1) is 10.1.